The molecule has 0 spiro atoms. The van der Waals surface area contributed by atoms with Gasteiger partial charge in [-0.2, -0.15) is 0 Å². The van der Waals surface area contributed by atoms with Gasteiger partial charge in [0.2, 0.25) is 5.92 Å². The first-order chi connectivity index (χ1) is 7.38. The number of rotatable bonds is 2. The van der Waals surface area contributed by atoms with Crippen molar-refractivity contribution >= 4 is 11.6 Å². The van der Waals surface area contributed by atoms with Crippen molar-refractivity contribution in [3.05, 3.63) is 28.8 Å². The van der Waals surface area contributed by atoms with Crippen LogP contribution in [-0.4, -0.2) is 17.5 Å². The maximum atomic E-state index is 13.0. The Kier molecular flexibility index (Phi) is 2.62. The molecule has 1 aliphatic rings. The lowest BCUT2D eigenvalue weighted by Crippen LogP contribution is -2.54. The summed E-state index contributed by atoms with van der Waals surface area (Å²) in [6, 6.07) is 1.14. The molecular weight excluding hydrogens is 241 g/mol. The quantitative estimate of drug-likeness (QED) is 0.819. The van der Waals surface area contributed by atoms with E-state index in [1.807, 2.05) is 0 Å². The highest BCUT2D eigenvalue weighted by Crippen LogP contribution is 2.53. The number of alkyl halides is 2. The zero-order chi connectivity index (χ0) is 12.0. The summed E-state index contributed by atoms with van der Waals surface area (Å²) in [6.45, 7) is 0.00738. The van der Waals surface area contributed by atoms with Crippen molar-refractivity contribution < 1.29 is 13.2 Å². The lowest BCUT2D eigenvalue weighted by molar-refractivity contribution is -0.123. The molecule has 0 saturated heterocycles. The molecule has 1 aromatic rings. The average molecular weight is 251 g/mol. The predicted octanol–water partition coefficient (Wildman–Crippen LogP) is 2.50. The summed E-state index contributed by atoms with van der Waals surface area (Å²) in [5, 5.41) is 0.0438. The maximum absolute atomic E-state index is 13.0. The van der Waals surface area contributed by atoms with Gasteiger partial charge in [-0.3, -0.25) is 0 Å². The second-order valence-electron chi connectivity index (χ2n) is 4.19. The molecule has 0 atom stereocenters. The van der Waals surface area contributed by atoms with Crippen LogP contribution in [0.1, 0.15) is 18.4 Å². The molecule has 0 radical (unpaired) electrons. The highest BCUT2D eigenvalue weighted by Gasteiger charge is 2.57. The standard InChI is InChI=1S/C10H10ClF3N2/c11-8-7(1-6(12)2-16-8)9(5-15)3-10(13,14)4-9/h1-2H,3-5,15H2. The molecule has 0 aromatic carbocycles. The van der Waals surface area contributed by atoms with Gasteiger partial charge in [-0.05, 0) is 6.07 Å². The Balaban J connectivity index is 2.39. The number of pyridine rings is 1. The lowest BCUT2D eigenvalue weighted by atomic mass is 9.62. The number of halogens is 4. The minimum absolute atomic E-state index is 0.00738. The molecule has 88 valence electrons. The van der Waals surface area contributed by atoms with Crippen LogP contribution in [0.25, 0.3) is 0 Å². The summed E-state index contributed by atoms with van der Waals surface area (Å²) in [4.78, 5) is 3.61. The summed E-state index contributed by atoms with van der Waals surface area (Å²) in [5.41, 5.74) is 4.84. The van der Waals surface area contributed by atoms with Crippen LogP contribution >= 0.6 is 11.6 Å². The first-order valence-corrected chi connectivity index (χ1v) is 5.16. The van der Waals surface area contributed by atoms with Crippen molar-refractivity contribution in [3.63, 3.8) is 0 Å². The minimum atomic E-state index is -2.74. The van der Waals surface area contributed by atoms with Gasteiger partial charge in [0.25, 0.3) is 0 Å². The zero-order valence-corrected chi connectivity index (χ0v) is 9.07. The third-order valence-electron chi connectivity index (χ3n) is 2.96. The third-order valence-corrected chi connectivity index (χ3v) is 3.26. The molecule has 0 unspecified atom stereocenters. The molecule has 0 bridgehead atoms. The van der Waals surface area contributed by atoms with Gasteiger partial charge in [0.15, 0.2) is 0 Å². The van der Waals surface area contributed by atoms with Gasteiger partial charge < -0.3 is 5.73 Å². The smallest absolute Gasteiger partial charge is 0.250 e. The Morgan fingerprint density at radius 3 is 2.56 bits per heavy atom. The predicted molar refractivity (Wildman–Crippen MR) is 54.1 cm³/mol. The van der Waals surface area contributed by atoms with Crippen LogP contribution in [0.3, 0.4) is 0 Å². The summed E-state index contributed by atoms with van der Waals surface area (Å²) in [6.07, 6.45) is 0.148. The zero-order valence-electron chi connectivity index (χ0n) is 8.31. The Bertz CT molecular complexity index is 415. The molecular formula is C10H10ClF3N2. The van der Waals surface area contributed by atoms with E-state index in [1.165, 1.54) is 0 Å². The minimum Gasteiger partial charge on any atom is -0.330 e. The molecule has 0 amide bonds. The van der Waals surface area contributed by atoms with E-state index in [9.17, 15) is 13.2 Å². The summed E-state index contributed by atoms with van der Waals surface area (Å²) in [5.74, 6) is -3.34. The molecule has 2 N–H and O–H groups in total. The largest absolute Gasteiger partial charge is 0.330 e. The number of nitrogens with two attached hydrogens (primary N) is 1. The second kappa shape index (κ2) is 3.60. The Morgan fingerprint density at radius 2 is 2.06 bits per heavy atom. The molecule has 2 rings (SSSR count). The highest BCUT2D eigenvalue weighted by atomic mass is 35.5. The fraction of sp³-hybridized carbons (Fsp3) is 0.500. The van der Waals surface area contributed by atoms with Gasteiger partial charge in [-0.15, -0.1) is 0 Å². The second-order valence-corrected chi connectivity index (χ2v) is 4.54. The average Bonchev–Trinajstić information content (AvgIpc) is 2.17. The van der Waals surface area contributed by atoms with Gasteiger partial charge in [-0.1, -0.05) is 11.6 Å². The topological polar surface area (TPSA) is 38.9 Å². The number of nitrogens with zero attached hydrogens (tertiary/aromatic N) is 1. The molecule has 1 aromatic heterocycles. The Labute approximate surface area is 95.6 Å². The first kappa shape index (κ1) is 11.7. The number of hydrogen-bond donors (Lipinski definition) is 1. The summed E-state index contributed by atoms with van der Waals surface area (Å²) < 4.78 is 38.9. The highest BCUT2D eigenvalue weighted by molar-refractivity contribution is 6.30. The molecule has 1 aliphatic carbocycles. The number of hydrogen-bond acceptors (Lipinski definition) is 2. The van der Waals surface area contributed by atoms with Gasteiger partial charge in [0.05, 0.1) is 6.20 Å². The lowest BCUT2D eigenvalue weighted by Gasteiger charge is -2.47. The van der Waals surface area contributed by atoms with Crippen molar-refractivity contribution in [2.24, 2.45) is 5.73 Å². The first-order valence-electron chi connectivity index (χ1n) is 4.78. The van der Waals surface area contributed by atoms with Crippen molar-refractivity contribution in [2.75, 3.05) is 6.54 Å². The van der Waals surface area contributed by atoms with Crippen LogP contribution in [0.2, 0.25) is 5.15 Å². The molecule has 6 heteroatoms. The SMILES string of the molecule is NCC1(c2cc(F)cnc2Cl)CC(F)(F)C1. The fourth-order valence-corrected chi connectivity index (χ4v) is 2.48. The van der Waals surface area contributed by atoms with Crippen LogP contribution < -0.4 is 5.73 Å². The molecule has 2 nitrogen and oxygen atoms in total. The molecule has 1 saturated carbocycles. The summed E-state index contributed by atoms with van der Waals surface area (Å²) >= 11 is 5.79. The van der Waals surface area contributed by atoms with Crippen LogP contribution in [0, 0.1) is 5.82 Å². The van der Waals surface area contributed by atoms with Gasteiger partial charge in [-0.25, -0.2) is 18.2 Å². The number of aromatic nitrogens is 1. The van der Waals surface area contributed by atoms with Crippen molar-refractivity contribution in [3.8, 4) is 0 Å². The van der Waals surface area contributed by atoms with E-state index in [0.717, 1.165) is 12.3 Å². The van der Waals surface area contributed by atoms with E-state index in [1.54, 1.807) is 0 Å². The van der Waals surface area contributed by atoms with Crippen LogP contribution in [0.15, 0.2) is 12.3 Å². The van der Waals surface area contributed by atoms with E-state index in [-0.39, 0.29) is 17.3 Å². The summed E-state index contributed by atoms with van der Waals surface area (Å²) in [7, 11) is 0. The molecule has 1 fully saturated rings. The molecule has 1 heterocycles. The van der Waals surface area contributed by atoms with Crippen LogP contribution in [0.5, 0.6) is 0 Å². The van der Waals surface area contributed by atoms with Gasteiger partial charge in [0.1, 0.15) is 11.0 Å². The monoisotopic (exact) mass is 250 g/mol. The maximum Gasteiger partial charge on any atom is 0.250 e. The van der Waals surface area contributed by atoms with Crippen molar-refractivity contribution in [1.29, 1.82) is 0 Å². The third kappa shape index (κ3) is 1.78. The Morgan fingerprint density at radius 1 is 1.44 bits per heavy atom. The van der Waals surface area contributed by atoms with Crippen molar-refractivity contribution in [1.82, 2.24) is 4.98 Å². The normalized spacial score (nSPS) is 21.6. The van der Waals surface area contributed by atoms with E-state index in [0.29, 0.717) is 0 Å². The van der Waals surface area contributed by atoms with E-state index in [2.05, 4.69) is 4.98 Å². The van der Waals surface area contributed by atoms with E-state index >= 15 is 0 Å². The van der Waals surface area contributed by atoms with E-state index < -0.39 is 30.0 Å². The molecule has 0 aliphatic heterocycles. The van der Waals surface area contributed by atoms with Crippen LogP contribution in [0.4, 0.5) is 13.2 Å². The van der Waals surface area contributed by atoms with Gasteiger partial charge in [0, 0.05) is 30.4 Å². The molecule has 16 heavy (non-hydrogen) atoms. The Hall–Kier alpha value is -0.810. The van der Waals surface area contributed by atoms with E-state index in [4.69, 9.17) is 17.3 Å². The van der Waals surface area contributed by atoms with Crippen LogP contribution in [-0.2, 0) is 5.41 Å². The van der Waals surface area contributed by atoms with Crippen molar-refractivity contribution in [2.45, 2.75) is 24.2 Å². The fourth-order valence-electron chi connectivity index (χ4n) is 2.18. The van der Waals surface area contributed by atoms with Gasteiger partial charge >= 0.3 is 0 Å².